The first-order chi connectivity index (χ1) is 8.93. The van der Waals surface area contributed by atoms with Crippen molar-refractivity contribution in [3.8, 4) is 0 Å². The van der Waals surface area contributed by atoms with Crippen molar-refractivity contribution < 1.29 is 17.9 Å². The van der Waals surface area contributed by atoms with Gasteiger partial charge in [0.25, 0.3) is 0 Å². The quantitative estimate of drug-likeness (QED) is 0.743. The molecular formula is C12H12BrClF3NO. The van der Waals surface area contributed by atoms with E-state index < -0.39 is 11.7 Å². The van der Waals surface area contributed by atoms with E-state index in [2.05, 4.69) is 15.9 Å². The molecule has 0 spiro atoms. The van der Waals surface area contributed by atoms with Crippen LogP contribution in [0.4, 0.5) is 18.9 Å². The summed E-state index contributed by atoms with van der Waals surface area (Å²) in [5.74, 6) is 0.369. The molecule has 1 aliphatic heterocycles. The van der Waals surface area contributed by atoms with Crippen LogP contribution >= 0.6 is 27.5 Å². The number of rotatable bonds is 2. The van der Waals surface area contributed by atoms with Gasteiger partial charge in [-0.15, -0.1) is 11.6 Å². The van der Waals surface area contributed by atoms with Gasteiger partial charge in [-0.3, -0.25) is 0 Å². The molecule has 19 heavy (non-hydrogen) atoms. The Hall–Kier alpha value is -0.460. The van der Waals surface area contributed by atoms with Gasteiger partial charge in [0.2, 0.25) is 0 Å². The minimum absolute atomic E-state index is 0.0246. The Balaban J connectivity index is 2.30. The molecule has 1 aromatic rings. The van der Waals surface area contributed by atoms with E-state index in [1.54, 1.807) is 0 Å². The van der Waals surface area contributed by atoms with Crippen LogP contribution in [0.5, 0.6) is 0 Å². The van der Waals surface area contributed by atoms with E-state index in [1.165, 1.54) is 6.07 Å². The van der Waals surface area contributed by atoms with Gasteiger partial charge in [0.05, 0.1) is 30.5 Å². The molecule has 106 valence electrons. The average Bonchev–Trinajstić information content (AvgIpc) is 2.37. The van der Waals surface area contributed by atoms with Crippen LogP contribution in [0.15, 0.2) is 22.7 Å². The Kier molecular flexibility index (Phi) is 4.63. The zero-order valence-electron chi connectivity index (χ0n) is 9.88. The van der Waals surface area contributed by atoms with Crippen molar-refractivity contribution in [2.45, 2.75) is 12.2 Å². The monoisotopic (exact) mass is 357 g/mol. The molecule has 0 aromatic heterocycles. The van der Waals surface area contributed by atoms with Crippen molar-refractivity contribution in [3.05, 3.63) is 28.2 Å². The van der Waals surface area contributed by atoms with Crippen LogP contribution < -0.4 is 4.90 Å². The van der Waals surface area contributed by atoms with Gasteiger partial charge in [-0.1, -0.05) is 0 Å². The molecular weight excluding hydrogens is 346 g/mol. The highest BCUT2D eigenvalue weighted by molar-refractivity contribution is 9.10. The normalized spacial score (nSPS) is 20.7. The Labute approximate surface area is 122 Å². The Morgan fingerprint density at radius 2 is 2.16 bits per heavy atom. The van der Waals surface area contributed by atoms with Crippen LogP contribution in [-0.2, 0) is 10.9 Å². The van der Waals surface area contributed by atoms with Crippen LogP contribution in [0.3, 0.4) is 0 Å². The number of hydrogen-bond acceptors (Lipinski definition) is 2. The van der Waals surface area contributed by atoms with Crippen molar-refractivity contribution in [3.63, 3.8) is 0 Å². The predicted octanol–water partition coefficient (Wildman–Crippen LogP) is 3.91. The number of benzene rings is 1. The molecule has 0 N–H and O–H groups in total. The molecule has 1 aliphatic rings. The van der Waals surface area contributed by atoms with Gasteiger partial charge in [-0.05, 0) is 34.1 Å². The summed E-state index contributed by atoms with van der Waals surface area (Å²) >= 11 is 9.07. The summed E-state index contributed by atoms with van der Waals surface area (Å²) in [6.45, 7) is 1.64. The highest BCUT2D eigenvalue weighted by atomic mass is 79.9. The molecule has 1 atom stereocenters. The molecule has 0 bridgehead atoms. The molecule has 1 heterocycles. The molecule has 2 nitrogen and oxygen atoms in total. The van der Waals surface area contributed by atoms with Gasteiger partial charge in [0, 0.05) is 16.9 Å². The first kappa shape index (κ1) is 14.9. The molecule has 0 aliphatic carbocycles. The second kappa shape index (κ2) is 5.89. The number of hydrogen-bond donors (Lipinski definition) is 0. The summed E-state index contributed by atoms with van der Waals surface area (Å²) in [6.07, 6.45) is -4.34. The Morgan fingerprint density at radius 1 is 1.42 bits per heavy atom. The third kappa shape index (κ3) is 3.35. The summed E-state index contributed by atoms with van der Waals surface area (Å²) in [6, 6.07) is 3.62. The van der Waals surface area contributed by atoms with Crippen LogP contribution in [0.25, 0.3) is 0 Å². The lowest BCUT2D eigenvalue weighted by Crippen LogP contribution is -2.46. The van der Waals surface area contributed by atoms with Gasteiger partial charge in [-0.2, -0.15) is 13.2 Å². The van der Waals surface area contributed by atoms with E-state index in [0.29, 0.717) is 35.8 Å². The van der Waals surface area contributed by atoms with Crippen molar-refractivity contribution in [2.24, 2.45) is 0 Å². The van der Waals surface area contributed by atoms with Crippen molar-refractivity contribution >= 4 is 33.2 Å². The Morgan fingerprint density at radius 3 is 2.74 bits per heavy atom. The van der Waals surface area contributed by atoms with Crippen LogP contribution in [-0.4, -0.2) is 31.7 Å². The topological polar surface area (TPSA) is 12.5 Å². The number of anilines is 1. The Bertz CT molecular complexity index is 455. The molecule has 0 amide bonds. The summed E-state index contributed by atoms with van der Waals surface area (Å²) in [5, 5.41) is 0. The van der Waals surface area contributed by atoms with Gasteiger partial charge in [0.1, 0.15) is 0 Å². The summed E-state index contributed by atoms with van der Waals surface area (Å²) in [4.78, 5) is 1.97. The van der Waals surface area contributed by atoms with Crippen LogP contribution in [0.1, 0.15) is 5.56 Å². The van der Waals surface area contributed by atoms with Gasteiger partial charge < -0.3 is 9.64 Å². The highest BCUT2D eigenvalue weighted by Crippen LogP contribution is 2.36. The lowest BCUT2D eigenvalue weighted by molar-refractivity contribution is -0.137. The maximum atomic E-state index is 12.6. The van der Waals surface area contributed by atoms with Crippen LogP contribution in [0.2, 0.25) is 0 Å². The summed E-state index contributed by atoms with van der Waals surface area (Å²) in [5.41, 5.74) is 0.0424. The first-order valence-electron chi connectivity index (χ1n) is 5.70. The number of halogens is 5. The fourth-order valence-electron chi connectivity index (χ4n) is 2.02. The van der Waals surface area contributed by atoms with Crippen molar-refractivity contribution in [1.82, 2.24) is 0 Å². The highest BCUT2D eigenvalue weighted by Gasteiger charge is 2.32. The molecule has 2 rings (SSSR count). The van der Waals surface area contributed by atoms with E-state index in [1.807, 2.05) is 4.90 Å². The third-order valence-corrected chi connectivity index (χ3v) is 3.98. The third-order valence-electron chi connectivity index (χ3n) is 2.99. The molecule has 1 fully saturated rings. The average molecular weight is 359 g/mol. The van der Waals surface area contributed by atoms with Gasteiger partial charge >= 0.3 is 6.18 Å². The maximum absolute atomic E-state index is 12.6. The SMILES string of the molecule is FC(F)(F)c1ccc(N2CCOCC2CCl)c(Br)c1. The second-order valence-electron chi connectivity index (χ2n) is 4.24. The smallest absolute Gasteiger partial charge is 0.377 e. The van der Waals surface area contributed by atoms with Crippen molar-refractivity contribution in [1.29, 1.82) is 0 Å². The van der Waals surface area contributed by atoms with Crippen molar-refractivity contribution in [2.75, 3.05) is 30.5 Å². The van der Waals surface area contributed by atoms with Crippen LogP contribution in [0, 0.1) is 0 Å². The van der Waals surface area contributed by atoms with Gasteiger partial charge in [0.15, 0.2) is 0 Å². The molecule has 7 heteroatoms. The minimum Gasteiger partial charge on any atom is -0.377 e. The molecule has 1 aromatic carbocycles. The summed E-state index contributed by atoms with van der Waals surface area (Å²) < 4.78 is 43.6. The number of ether oxygens (including phenoxy) is 1. The van der Waals surface area contributed by atoms with E-state index in [0.717, 1.165) is 12.1 Å². The fourth-order valence-corrected chi connectivity index (χ4v) is 2.88. The zero-order chi connectivity index (χ0) is 14.0. The fraction of sp³-hybridized carbons (Fsp3) is 0.500. The minimum atomic E-state index is -4.34. The molecule has 0 saturated carbocycles. The summed E-state index contributed by atoms with van der Waals surface area (Å²) in [7, 11) is 0. The molecule has 0 radical (unpaired) electrons. The standard InChI is InChI=1S/C12H12BrClF3NO/c13-10-5-8(12(15,16)17)1-2-11(10)18-3-4-19-7-9(18)6-14/h1-2,5,9H,3-4,6-7H2. The number of morpholine rings is 1. The number of nitrogens with zero attached hydrogens (tertiary/aromatic N) is 1. The lowest BCUT2D eigenvalue weighted by atomic mass is 10.1. The van der Waals surface area contributed by atoms with E-state index >= 15 is 0 Å². The van der Waals surface area contributed by atoms with E-state index in [4.69, 9.17) is 16.3 Å². The lowest BCUT2D eigenvalue weighted by Gasteiger charge is -2.37. The zero-order valence-corrected chi connectivity index (χ0v) is 12.2. The van der Waals surface area contributed by atoms with E-state index in [9.17, 15) is 13.2 Å². The largest absolute Gasteiger partial charge is 0.416 e. The predicted molar refractivity (Wildman–Crippen MR) is 71.8 cm³/mol. The van der Waals surface area contributed by atoms with Gasteiger partial charge in [-0.25, -0.2) is 0 Å². The molecule has 1 unspecified atom stereocenters. The van der Waals surface area contributed by atoms with E-state index in [-0.39, 0.29) is 6.04 Å². The first-order valence-corrected chi connectivity index (χ1v) is 7.03. The molecule has 1 saturated heterocycles. The maximum Gasteiger partial charge on any atom is 0.416 e. The second-order valence-corrected chi connectivity index (χ2v) is 5.40. The number of alkyl halides is 4.